The third-order valence-corrected chi connectivity index (χ3v) is 9.11. The van der Waals surface area contributed by atoms with Crippen LogP contribution in [0.3, 0.4) is 0 Å². The molecule has 0 aliphatic rings. The Bertz CT molecular complexity index is 145. The van der Waals surface area contributed by atoms with Crippen LogP contribution in [-0.2, 0) is 17.1 Å². The smallest absolute Gasteiger partial charge is 0.322 e. The summed E-state index contributed by atoms with van der Waals surface area (Å²) in [5, 5.41) is 0. The molecule has 0 N–H and O–H groups in total. The highest BCUT2D eigenvalue weighted by molar-refractivity contribution is 6.72. The van der Waals surface area contributed by atoms with Crippen LogP contribution in [0.25, 0.3) is 0 Å². The fourth-order valence-corrected chi connectivity index (χ4v) is 7.41. The van der Waals surface area contributed by atoms with Crippen LogP contribution in [0, 0.1) is 0 Å². The lowest BCUT2D eigenvalue weighted by Gasteiger charge is -2.25. The van der Waals surface area contributed by atoms with Gasteiger partial charge in [-0.2, -0.15) is 0 Å². The summed E-state index contributed by atoms with van der Waals surface area (Å²) < 4.78 is 22.1. The molecule has 0 aromatic rings. The van der Waals surface area contributed by atoms with Crippen molar-refractivity contribution in [3.8, 4) is 0 Å². The van der Waals surface area contributed by atoms with Crippen molar-refractivity contribution in [2.75, 3.05) is 13.2 Å². The van der Waals surface area contributed by atoms with Gasteiger partial charge in [0.15, 0.2) is 0 Å². The van der Waals surface area contributed by atoms with Gasteiger partial charge in [0.1, 0.15) is 0 Å². The lowest BCUT2D eigenvalue weighted by molar-refractivity contribution is 0.242. The Kier molecular flexibility index (Phi) is 8.01. The monoisotopic (exact) mass is 254 g/mol. The minimum absolute atomic E-state index is 0.712. The van der Waals surface area contributed by atoms with E-state index in [0.29, 0.717) is 6.61 Å². The SMILES string of the molecule is CCO[SiH2]O[SiH](C)O[Si](C)(C)OCC. The molecule has 0 aromatic carbocycles. The molecule has 0 saturated heterocycles. The van der Waals surface area contributed by atoms with Crippen molar-refractivity contribution in [3.63, 3.8) is 0 Å². The van der Waals surface area contributed by atoms with Crippen LogP contribution in [0.1, 0.15) is 13.8 Å². The summed E-state index contributed by atoms with van der Waals surface area (Å²) in [7, 11) is -4.26. The molecular formula is C7H22O4Si3. The molecule has 0 heterocycles. The second kappa shape index (κ2) is 7.74. The first kappa shape index (κ1) is 14.5. The van der Waals surface area contributed by atoms with Gasteiger partial charge in [-0.05, 0) is 33.5 Å². The fraction of sp³-hybridized carbons (Fsp3) is 1.00. The average molecular weight is 255 g/mol. The Balaban J connectivity index is 3.63. The largest absolute Gasteiger partial charge is 0.422 e. The standard InChI is InChI=1S/C7H22O4Si3/c1-6-8-12-10-13(3)11-14(4,5)9-7-2/h13H,6-7,12H2,1-5H3. The molecule has 0 radical (unpaired) electrons. The van der Waals surface area contributed by atoms with E-state index in [4.69, 9.17) is 17.1 Å². The quantitative estimate of drug-likeness (QED) is 0.471. The predicted molar refractivity (Wildman–Crippen MR) is 64.5 cm³/mol. The molecule has 0 aromatic heterocycles. The summed E-state index contributed by atoms with van der Waals surface area (Å²) in [5.74, 6) is 0. The summed E-state index contributed by atoms with van der Waals surface area (Å²) in [6, 6.07) is 0. The van der Waals surface area contributed by atoms with Crippen molar-refractivity contribution < 1.29 is 17.1 Å². The van der Waals surface area contributed by atoms with Crippen LogP contribution in [0.15, 0.2) is 0 Å². The van der Waals surface area contributed by atoms with Crippen molar-refractivity contribution >= 4 is 27.9 Å². The molecule has 0 fully saturated rings. The third-order valence-electron chi connectivity index (χ3n) is 1.53. The summed E-state index contributed by atoms with van der Waals surface area (Å²) in [5.41, 5.74) is 0. The van der Waals surface area contributed by atoms with Gasteiger partial charge in [0.05, 0.1) is 0 Å². The maximum Gasteiger partial charge on any atom is 0.322 e. The fourth-order valence-electron chi connectivity index (χ4n) is 1.04. The van der Waals surface area contributed by atoms with Gasteiger partial charge in [-0.3, -0.25) is 0 Å². The lowest BCUT2D eigenvalue weighted by atomic mass is 10.9. The van der Waals surface area contributed by atoms with E-state index in [0.717, 1.165) is 6.61 Å². The highest BCUT2D eigenvalue weighted by atomic mass is 28.4. The predicted octanol–water partition coefficient (Wildman–Crippen LogP) is 0.643. The van der Waals surface area contributed by atoms with E-state index in [1.165, 1.54) is 0 Å². The van der Waals surface area contributed by atoms with Crippen molar-refractivity contribution in [3.05, 3.63) is 0 Å². The van der Waals surface area contributed by atoms with Crippen molar-refractivity contribution in [2.24, 2.45) is 0 Å². The van der Waals surface area contributed by atoms with Gasteiger partial charge in [0, 0.05) is 13.2 Å². The van der Waals surface area contributed by atoms with Crippen LogP contribution in [-0.4, -0.2) is 41.1 Å². The average Bonchev–Trinajstić information content (AvgIpc) is 2.03. The minimum atomic E-state index is -1.92. The summed E-state index contributed by atoms with van der Waals surface area (Å²) >= 11 is 0. The molecule has 1 unspecified atom stereocenters. The lowest BCUT2D eigenvalue weighted by Crippen LogP contribution is -2.41. The maximum atomic E-state index is 5.81. The van der Waals surface area contributed by atoms with Gasteiger partial charge in [-0.15, -0.1) is 0 Å². The van der Waals surface area contributed by atoms with Crippen LogP contribution in [0.4, 0.5) is 0 Å². The van der Waals surface area contributed by atoms with Crippen molar-refractivity contribution in [1.29, 1.82) is 0 Å². The molecular weight excluding hydrogens is 232 g/mol. The zero-order chi connectivity index (χ0) is 11.0. The second-order valence-corrected chi connectivity index (χ2v) is 10.4. The molecule has 4 nitrogen and oxygen atoms in total. The minimum Gasteiger partial charge on any atom is -0.422 e. The van der Waals surface area contributed by atoms with E-state index in [2.05, 4.69) is 0 Å². The Morgan fingerprint density at radius 1 is 1.21 bits per heavy atom. The first-order valence-electron chi connectivity index (χ1n) is 5.03. The Morgan fingerprint density at radius 2 is 1.86 bits per heavy atom. The topological polar surface area (TPSA) is 36.9 Å². The summed E-state index contributed by atoms with van der Waals surface area (Å²) in [6.45, 7) is 11.5. The molecule has 1 atom stereocenters. The van der Waals surface area contributed by atoms with Crippen LogP contribution < -0.4 is 0 Å². The molecule has 0 amide bonds. The highest BCUT2D eigenvalue weighted by Crippen LogP contribution is 2.08. The first-order valence-corrected chi connectivity index (χ1v) is 11.1. The molecule has 0 saturated carbocycles. The molecule has 0 spiro atoms. The van der Waals surface area contributed by atoms with Gasteiger partial charge in [0.25, 0.3) is 19.3 Å². The molecule has 0 bridgehead atoms. The van der Waals surface area contributed by atoms with E-state index in [9.17, 15) is 0 Å². The highest BCUT2D eigenvalue weighted by Gasteiger charge is 2.27. The molecule has 0 rings (SSSR count). The second-order valence-electron chi connectivity index (χ2n) is 3.30. The normalized spacial score (nSPS) is 15.2. The number of rotatable bonds is 8. The maximum absolute atomic E-state index is 5.81. The van der Waals surface area contributed by atoms with Gasteiger partial charge in [-0.25, -0.2) is 0 Å². The Morgan fingerprint density at radius 3 is 2.36 bits per heavy atom. The molecule has 7 heteroatoms. The molecule has 86 valence electrons. The number of hydrogen-bond acceptors (Lipinski definition) is 4. The Labute approximate surface area is 92.1 Å². The van der Waals surface area contributed by atoms with Crippen LogP contribution in [0.5, 0.6) is 0 Å². The van der Waals surface area contributed by atoms with Gasteiger partial charge in [0.2, 0.25) is 0 Å². The van der Waals surface area contributed by atoms with Crippen LogP contribution >= 0.6 is 0 Å². The van der Waals surface area contributed by atoms with E-state index in [1.807, 2.05) is 33.5 Å². The van der Waals surface area contributed by atoms with Crippen LogP contribution in [0.2, 0.25) is 19.6 Å². The number of hydrogen-bond donors (Lipinski definition) is 0. The molecule has 0 aliphatic heterocycles. The zero-order valence-electron chi connectivity index (χ0n) is 9.83. The Hall–Kier alpha value is 0.491. The van der Waals surface area contributed by atoms with E-state index in [1.54, 1.807) is 0 Å². The summed E-state index contributed by atoms with van der Waals surface area (Å²) in [4.78, 5) is 0. The van der Waals surface area contributed by atoms with Crippen molar-refractivity contribution in [2.45, 2.75) is 33.5 Å². The van der Waals surface area contributed by atoms with Crippen molar-refractivity contribution in [1.82, 2.24) is 0 Å². The van der Waals surface area contributed by atoms with E-state index < -0.39 is 27.9 Å². The molecule has 0 aliphatic carbocycles. The van der Waals surface area contributed by atoms with Gasteiger partial charge < -0.3 is 17.1 Å². The zero-order valence-corrected chi connectivity index (χ0v) is 13.4. The summed E-state index contributed by atoms with van der Waals surface area (Å²) in [6.07, 6.45) is 0. The van der Waals surface area contributed by atoms with E-state index in [-0.39, 0.29) is 0 Å². The third kappa shape index (κ3) is 7.85. The first-order chi connectivity index (χ1) is 6.52. The van der Waals surface area contributed by atoms with Gasteiger partial charge >= 0.3 is 8.56 Å². The molecule has 14 heavy (non-hydrogen) atoms. The van der Waals surface area contributed by atoms with E-state index >= 15 is 0 Å². The van der Waals surface area contributed by atoms with Gasteiger partial charge in [-0.1, -0.05) is 0 Å².